The Kier molecular flexibility index (Phi) is 7.14. The lowest BCUT2D eigenvalue weighted by Crippen LogP contribution is -2.56. The number of benzene rings is 2. The minimum absolute atomic E-state index is 0.246. The molecular formula is C26H31N7O. The predicted octanol–water partition coefficient (Wildman–Crippen LogP) is 3.91. The van der Waals surface area contributed by atoms with Crippen LogP contribution in [0.4, 0.5) is 16.2 Å². The van der Waals surface area contributed by atoms with E-state index in [1.54, 1.807) is 0 Å². The van der Waals surface area contributed by atoms with Gasteiger partial charge < -0.3 is 20.9 Å². The van der Waals surface area contributed by atoms with Crippen molar-refractivity contribution in [3.05, 3.63) is 89.3 Å². The normalized spacial score (nSPS) is 15.4. The van der Waals surface area contributed by atoms with Crippen LogP contribution in [0.2, 0.25) is 0 Å². The van der Waals surface area contributed by atoms with Gasteiger partial charge >= 0.3 is 6.03 Å². The number of hydrogen-bond donors (Lipinski definition) is 3. The van der Waals surface area contributed by atoms with Gasteiger partial charge in [-0.1, -0.05) is 36.4 Å². The minimum Gasteiger partial charge on any atom is -0.378 e. The second kappa shape index (κ2) is 10.4. The number of amides is 2. The van der Waals surface area contributed by atoms with Crippen molar-refractivity contribution in [2.45, 2.75) is 38.4 Å². The van der Waals surface area contributed by atoms with Gasteiger partial charge in [0.05, 0.1) is 24.1 Å². The van der Waals surface area contributed by atoms with Gasteiger partial charge in [0.25, 0.3) is 0 Å². The fraction of sp³-hybridized carbons (Fsp3) is 0.346. The highest BCUT2D eigenvalue weighted by Gasteiger charge is 2.35. The Bertz CT molecular complexity index is 1150. The van der Waals surface area contributed by atoms with Crippen LogP contribution in [-0.2, 0) is 13.1 Å². The minimum atomic E-state index is -0.499. The monoisotopic (exact) mass is 457 g/mol. The average molecular weight is 458 g/mol. The quantitative estimate of drug-likeness (QED) is 0.447. The number of aryl methyl sites for hydroxylation is 1. The molecule has 1 fully saturated rings. The van der Waals surface area contributed by atoms with E-state index in [9.17, 15) is 4.79 Å². The molecule has 2 heterocycles. The Morgan fingerprint density at radius 3 is 2.62 bits per heavy atom. The smallest absolute Gasteiger partial charge is 0.312 e. The van der Waals surface area contributed by atoms with Gasteiger partial charge in [-0.15, -0.1) is 0 Å². The van der Waals surface area contributed by atoms with E-state index in [0.717, 1.165) is 56.0 Å². The first-order valence-corrected chi connectivity index (χ1v) is 11.5. The number of anilines is 1. The summed E-state index contributed by atoms with van der Waals surface area (Å²) < 4.78 is 2.16. The zero-order valence-electron chi connectivity index (χ0n) is 19.5. The summed E-state index contributed by atoms with van der Waals surface area (Å²) in [6, 6.07) is 15.5. The molecule has 0 aliphatic carbocycles. The maximum Gasteiger partial charge on any atom is 0.312 e. The van der Waals surface area contributed by atoms with E-state index in [1.807, 2.05) is 42.9 Å². The molecule has 1 aliphatic rings. The van der Waals surface area contributed by atoms with Crippen molar-refractivity contribution < 1.29 is 4.79 Å². The number of likely N-dealkylation sites (tertiary alicyclic amines) is 1. The van der Waals surface area contributed by atoms with Gasteiger partial charge in [-0.2, -0.15) is 0 Å². The zero-order chi connectivity index (χ0) is 24.0. The van der Waals surface area contributed by atoms with Crippen molar-refractivity contribution in [2.24, 2.45) is 5.73 Å². The van der Waals surface area contributed by atoms with Gasteiger partial charge in [0.15, 0.2) is 5.69 Å². The third-order valence-electron chi connectivity index (χ3n) is 6.44. The fourth-order valence-electron chi connectivity index (χ4n) is 4.49. The molecule has 2 aromatic carbocycles. The molecular weight excluding hydrogens is 426 g/mol. The van der Waals surface area contributed by atoms with Crippen LogP contribution in [0.3, 0.4) is 0 Å². The summed E-state index contributed by atoms with van der Waals surface area (Å²) in [6.45, 7) is 13.0. The lowest BCUT2D eigenvalue weighted by Gasteiger charge is -2.43. The average Bonchev–Trinajstić information content (AvgIpc) is 3.26. The number of nitrogens with zero attached hydrogens (tertiary/aromatic N) is 4. The zero-order valence-corrected chi connectivity index (χ0v) is 19.5. The van der Waals surface area contributed by atoms with Gasteiger partial charge in [-0.3, -0.25) is 4.90 Å². The number of rotatable bonds is 8. The van der Waals surface area contributed by atoms with Crippen molar-refractivity contribution in [3.63, 3.8) is 0 Å². The van der Waals surface area contributed by atoms with E-state index in [0.29, 0.717) is 12.2 Å². The first-order valence-electron chi connectivity index (χ1n) is 11.5. The van der Waals surface area contributed by atoms with Crippen molar-refractivity contribution in [3.8, 4) is 0 Å². The summed E-state index contributed by atoms with van der Waals surface area (Å²) in [5.74, 6) is 0. The van der Waals surface area contributed by atoms with Crippen LogP contribution in [-0.4, -0.2) is 45.7 Å². The Morgan fingerprint density at radius 1 is 1.18 bits per heavy atom. The molecule has 4 N–H and O–H groups in total. The van der Waals surface area contributed by atoms with Crippen LogP contribution in [0.15, 0.2) is 61.1 Å². The van der Waals surface area contributed by atoms with E-state index < -0.39 is 6.03 Å². The Balaban J connectivity index is 1.40. The van der Waals surface area contributed by atoms with E-state index >= 15 is 0 Å². The second-order valence-corrected chi connectivity index (χ2v) is 9.06. The van der Waals surface area contributed by atoms with E-state index in [2.05, 4.69) is 55.1 Å². The van der Waals surface area contributed by atoms with E-state index in [-0.39, 0.29) is 5.54 Å². The molecule has 34 heavy (non-hydrogen) atoms. The molecule has 176 valence electrons. The summed E-state index contributed by atoms with van der Waals surface area (Å²) in [7, 11) is 0. The number of primary amides is 1. The molecule has 0 unspecified atom stereocenters. The van der Waals surface area contributed by atoms with Crippen LogP contribution in [0.5, 0.6) is 0 Å². The van der Waals surface area contributed by atoms with Gasteiger partial charge in [0.1, 0.15) is 0 Å². The number of nitrogens with one attached hydrogen (secondary N) is 2. The molecule has 8 heteroatoms. The maximum atomic E-state index is 11.4. The van der Waals surface area contributed by atoms with Crippen LogP contribution in [0.1, 0.15) is 29.7 Å². The fourth-order valence-corrected chi connectivity index (χ4v) is 4.49. The third kappa shape index (κ3) is 5.94. The number of urea groups is 1. The highest BCUT2D eigenvalue weighted by molar-refractivity contribution is 5.71. The third-order valence-corrected chi connectivity index (χ3v) is 6.44. The van der Waals surface area contributed by atoms with Gasteiger partial charge in [0, 0.05) is 44.6 Å². The molecule has 1 aromatic heterocycles. The van der Waals surface area contributed by atoms with E-state index in [1.165, 1.54) is 5.56 Å². The van der Waals surface area contributed by atoms with Crippen molar-refractivity contribution >= 4 is 17.4 Å². The molecule has 3 aromatic rings. The summed E-state index contributed by atoms with van der Waals surface area (Å²) in [5, 5.41) is 6.51. The van der Waals surface area contributed by atoms with E-state index in [4.69, 9.17) is 12.3 Å². The van der Waals surface area contributed by atoms with Crippen LogP contribution < -0.4 is 16.4 Å². The lowest BCUT2D eigenvalue weighted by atomic mass is 9.86. The highest BCUT2D eigenvalue weighted by Crippen LogP contribution is 2.28. The predicted molar refractivity (Wildman–Crippen MR) is 134 cm³/mol. The number of carbonyl (C=O) groups is 1. The second-order valence-electron chi connectivity index (χ2n) is 9.06. The lowest BCUT2D eigenvalue weighted by molar-refractivity contribution is 0.162. The number of carbonyl (C=O) groups excluding carboxylic acids is 1. The molecule has 1 aliphatic heterocycles. The number of nitrogens with two attached hydrogens (primary N) is 1. The first kappa shape index (κ1) is 23.3. The first-order chi connectivity index (χ1) is 16.4. The molecule has 0 bridgehead atoms. The van der Waals surface area contributed by atoms with Crippen molar-refractivity contribution in [2.75, 3.05) is 25.0 Å². The Labute approximate surface area is 200 Å². The number of imidazole rings is 1. The van der Waals surface area contributed by atoms with Gasteiger partial charge in [-0.25, -0.2) is 14.6 Å². The summed E-state index contributed by atoms with van der Waals surface area (Å²) >= 11 is 0. The topological polar surface area (TPSA) is 92.6 Å². The molecule has 0 saturated carbocycles. The molecule has 0 spiro atoms. The SMILES string of the molecule is [C-]#[N+]c1ccc(Cn2cncc2CN2CCC(CNC(N)=O)(Nc3cccc(C)c3)CC2)cc1. The summed E-state index contributed by atoms with van der Waals surface area (Å²) in [4.78, 5) is 21.7. The Hall–Kier alpha value is -3.83. The standard InChI is InChI=1S/C26H31N7O/c1-20-4-3-5-23(14-20)31-26(18-30-25(27)34)10-12-32(13-11-26)17-24-15-29-19-33(24)16-21-6-8-22(28-2)9-7-21/h3-9,14-15,19,31H,10-13,16-18H2,1H3,(H3,27,30,34). The van der Waals surface area contributed by atoms with Crippen LogP contribution in [0.25, 0.3) is 4.85 Å². The van der Waals surface area contributed by atoms with Gasteiger partial charge in [0.2, 0.25) is 0 Å². The highest BCUT2D eigenvalue weighted by atomic mass is 16.2. The number of hydrogen-bond acceptors (Lipinski definition) is 4. The largest absolute Gasteiger partial charge is 0.378 e. The molecule has 0 radical (unpaired) electrons. The molecule has 4 rings (SSSR count). The molecule has 1 saturated heterocycles. The number of piperidine rings is 1. The van der Waals surface area contributed by atoms with Crippen LogP contribution in [0, 0.1) is 13.5 Å². The maximum absolute atomic E-state index is 11.4. The Morgan fingerprint density at radius 2 is 1.94 bits per heavy atom. The summed E-state index contributed by atoms with van der Waals surface area (Å²) in [5.41, 5.74) is 10.3. The summed E-state index contributed by atoms with van der Waals surface area (Å²) in [6.07, 6.45) is 5.55. The van der Waals surface area contributed by atoms with Crippen LogP contribution >= 0.6 is 0 Å². The molecule has 2 amide bonds. The molecule has 8 nitrogen and oxygen atoms in total. The molecule has 0 atom stereocenters. The van der Waals surface area contributed by atoms with Gasteiger partial charge in [-0.05, 0) is 43.0 Å². The van der Waals surface area contributed by atoms with Crippen molar-refractivity contribution in [1.29, 1.82) is 0 Å². The number of aromatic nitrogens is 2. The van der Waals surface area contributed by atoms with Crippen molar-refractivity contribution in [1.82, 2.24) is 19.8 Å².